The van der Waals surface area contributed by atoms with Crippen molar-refractivity contribution in [1.82, 2.24) is 9.80 Å². The van der Waals surface area contributed by atoms with Crippen LogP contribution in [0.2, 0.25) is 0 Å². The number of piperazine rings is 1. The molecule has 0 aromatic heterocycles. The Bertz CT molecular complexity index is 381. The molecular weight excluding hydrogens is 248 g/mol. The molecule has 0 bridgehead atoms. The monoisotopic (exact) mass is 268 g/mol. The van der Waals surface area contributed by atoms with Gasteiger partial charge in [-0.2, -0.15) is 0 Å². The van der Waals surface area contributed by atoms with Crippen LogP contribution in [0.1, 0.15) is 26.2 Å². The fourth-order valence-corrected chi connectivity index (χ4v) is 2.23. The summed E-state index contributed by atoms with van der Waals surface area (Å²) in [5, 5.41) is 8.86. The third-order valence-corrected chi connectivity index (χ3v) is 3.19. The average Bonchev–Trinajstić information content (AvgIpc) is 2.33. The Hall–Kier alpha value is -1.85. The number of amides is 2. The topological polar surface area (TPSA) is 77.9 Å². The summed E-state index contributed by atoms with van der Waals surface area (Å²) < 4.78 is 0. The zero-order valence-corrected chi connectivity index (χ0v) is 11.2. The number of nitrogens with zero attached hydrogens (tertiary/aromatic N) is 2. The van der Waals surface area contributed by atoms with Gasteiger partial charge in [0.2, 0.25) is 11.8 Å². The molecule has 0 spiro atoms. The van der Waals surface area contributed by atoms with Gasteiger partial charge in [0.25, 0.3) is 0 Å². The van der Waals surface area contributed by atoms with E-state index in [0.717, 1.165) is 12.8 Å². The summed E-state index contributed by atoms with van der Waals surface area (Å²) in [7, 11) is 0. The van der Waals surface area contributed by atoms with Gasteiger partial charge < -0.3 is 14.9 Å². The van der Waals surface area contributed by atoms with Crippen LogP contribution in [0.25, 0.3) is 0 Å². The Morgan fingerprint density at radius 3 is 2.68 bits per heavy atom. The van der Waals surface area contributed by atoms with Crippen LogP contribution in [0, 0.1) is 0 Å². The Morgan fingerprint density at radius 2 is 2.16 bits per heavy atom. The van der Waals surface area contributed by atoms with Crippen molar-refractivity contribution in [2.75, 3.05) is 19.6 Å². The molecule has 1 unspecified atom stereocenters. The second kappa shape index (κ2) is 6.92. The number of unbranched alkanes of at least 4 members (excludes halogenated alkanes) is 1. The van der Waals surface area contributed by atoms with Crippen molar-refractivity contribution in [2.45, 2.75) is 32.2 Å². The minimum Gasteiger partial charge on any atom is -0.481 e. The van der Waals surface area contributed by atoms with Gasteiger partial charge >= 0.3 is 5.97 Å². The van der Waals surface area contributed by atoms with Crippen LogP contribution in [0.4, 0.5) is 0 Å². The maximum atomic E-state index is 12.2. The maximum absolute atomic E-state index is 12.2. The lowest BCUT2D eigenvalue weighted by Crippen LogP contribution is -2.58. The highest BCUT2D eigenvalue weighted by Crippen LogP contribution is 2.15. The Balaban J connectivity index is 2.72. The van der Waals surface area contributed by atoms with Crippen molar-refractivity contribution in [3.8, 4) is 0 Å². The van der Waals surface area contributed by atoms with Gasteiger partial charge in [-0.1, -0.05) is 6.08 Å². The molecular formula is C13H20N2O4. The first kappa shape index (κ1) is 15.2. The second-order valence-electron chi connectivity index (χ2n) is 4.58. The highest BCUT2D eigenvalue weighted by atomic mass is 16.4. The minimum absolute atomic E-state index is 0.259. The standard InChI is InChI=1S/C13H20N2O4/c1-3-4-5-6-14-7-8-15(10(2)16)11(13(14)19)9-12(17)18/h3,11H,1,4-9H2,2H3,(H,17,18). The first-order chi connectivity index (χ1) is 8.97. The van der Waals surface area contributed by atoms with E-state index in [0.29, 0.717) is 19.6 Å². The van der Waals surface area contributed by atoms with E-state index in [1.165, 1.54) is 11.8 Å². The Morgan fingerprint density at radius 1 is 1.47 bits per heavy atom. The normalized spacial score (nSPS) is 19.4. The zero-order chi connectivity index (χ0) is 14.4. The molecule has 0 saturated carbocycles. The fourth-order valence-electron chi connectivity index (χ4n) is 2.23. The van der Waals surface area contributed by atoms with E-state index in [-0.39, 0.29) is 18.2 Å². The molecule has 1 atom stereocenters. The van der Waals surface area contributed by atoms with E-state index < -0.39 is 12.0 Å². The largest absolute Gasteiger partial charge is 0.481 e. The fraction of sp³-hybridized carbons (Fsp3) is 0.615. The first-order valence-corrected chi connectivity index (χ1v) is 6.36. The number of rotatable bonds is 6. The second-order valence-corrected chi connectivity index (χ2v) is 4.58. The van der Waals surface area contributed by atoms with Crippen molar-refractivity contribution in [3.05, 3.63) is 12.7 Å². The lowest BCUT2D eigenvalue weighted by Gasteiger charge is -2.39. The molecule has 0 aromatic carbocycles. The number of aliphatic carboxylic acids is 1. The van der Waals surface area contributed by atoms with Crippen molar-refractivity contribution in [2.24, 2.45) is 0 Å². The number of carboxylic acid groups (broad SMARTS) is 1. The highest BCUT2D eigenvalue weighted by molar-refractivity contribution is 5.91. The number of carboxylic acids is 1. The van der Waals surface area contributed by atoms with Crippen LogP contribution in [0.5, 0.6) is 0 Å². The minimum atomic E-state index is -1.07. The summed E-state index contributed by atoms with van der Waals surface area (Å²) >= 11 is 0. The number of carbonyl (C=O) groups is 3. The Labute approximate surface area is 112 Å². The molecule has 1 saturated heterocycles. The zero-order valence-electron chi connectivity index (χ0n) is 11.2. The maximum Gasteiger partial charge on any atom is 0.305 e. The summed E-state index contributed by atoms with van der Waals surface area (Å²) in [5.41, 5.74) is 0. The van der Waals surface area contributed by atoms with E-state index in [1.54, 1.807) is 11.0 Å². The molecule has 0 radical (unpaired) electrons. The molecule has 2 amide bonds. The summed E-state index contributed by atoms with van der Waals surface area (Å²) in [4.78, 5) is 37.5. The first-order valence-electron chi connectivity index (χ1n) is 6.36. The van der Waals surface area contributed by atoms with E-state index in [1.807, 2.05) is 0 Å². The number of hydrogen-bond donors (Lipinski definition) is 1. The number of carbonyl (C=O) groups excluding carboxylic acids is 2. The van der Waals surface area contributed by atoms with E-state index in [4.69, 9.17) is 5.11 Å². The molecule has 1 aliphatic rings. The molecule has 1 fully saturated rings. The third-order valence-electron chi connectivity index (χ3n) is 3.19. The summed E-state index contributed by atoms with van der Waals surface area (Å²) in [6, 6.07) is -0.868. The Kier molecular flexibility index (Phi) is 5.54. The van der Waals surface area contributed by atoms with Crippen molar-refractivity contribution < 1.29 is 19.5 Å². The van der Waals surface area contributed by atoms with Crippen LogP contribution in [-0.2, 0) is 14.4 Å². The van der Waals surface area contributed by atoms with Crippen LogP contribution < -0.4 is 0 Å². The summed E-state index contributed by atoms with van der Waals surface area (Å²) in [5.74, 6) is -1.60. The predicted molar refractivity (Wildman–Crippen MR) is 69.4 cm³/mol. The predicted octanol–water partition coefficient (Wildman–Crippen LogP) is 0.487. The molecule has 0 aromatic rings. The molecule has 6 heteroatoms. The molecule has 1 heterocycles. The van der Waals surface area contributed by atoms with Gasteiger partial charge in [-0.05, 0) is 12.8 Å². The van der Waals surface area contributed by atoms with Gasteiger partial charge in [0.1, 0.15) is 6.04 Å². The lowest BCUT2D eigenvalue weighted by atomic mass is 10.1. The summed E-state index contributed by atoms with van der Waals surface area (Å²) in [6.07, 6.45) is 3.06. The van der Waals surface area contributed by atoms with E-state index in [2.05, 4.69) is 6.58 Å². The van der Waals surface area contributed by atoms with Gasteiger partial charge in [0.05, 0.1) is 6.42 Å². The lowest BCUT2D eigenvalue weighted by molar-refractivity contribution is -0.154. The van der Waals surface area contributed by atoms with Gasteiger partial charge in [-0.15, -0.1) is 6.58 Å². The third kappa shape index (κ3) is 4.08. The highest BCUT2D eigenvalue weighted by Gasteiger charge is 2.37. The molecule has 1 rings (SSSR count). The summed E-state index contributed by atoms with van der Waals surface area (Å²) in [6.45, 7) is 6.41. The number of hydrogen-bond acceptors (Lipinski definition) is 3. The average molecular weight is 268 g/mol. The van der Waals surface area contributed by atoms with Crippen molar-refractivity contribution in [1.29, 1.82) is 0 Å². The van der Waals surface area contributed by atoms with Crippen LogP contribution in [-0.4, -0.2) is 58.4 Å². The van der Waals surface area contributed by atoms with Gasteiger partial charge in [-0.3, -0.25) is 14.4 Å². The van der Waals surface area contributed by atoms with Gasteiger partial charge in [0, 0.05) is 26.6 Å². The molecule has 106 valence electrons. The van der Waals surface area contributed by atoms with Gasteiger partial charge in [0.15, 0.2) is 0 Å². The molecule has 0 aliphatic carbocycles. The van der Waals surface area contributed by atoms with E-state index >= 15 is 0 Å². The molecule has 19 heavy (non-hydrogen) atoms. The molecule has 1 N–H and O–H groups in total. The molecule has 6 nitrogen and oxygen atoms in total. The van der Waals surface area contributed by atoms with Crippen LogP contribution in [0.15, 0.2) is 12.7 Å². The SMILES string of the molecule is C=CCCCN1CCN(C(C)=O)C(CC(=O)O)C1=O. The smallest absolute Gasteiger partial charge is 0.305 e. The van der Waals surface area contributed by atoms with Crippen LogP contribution >= 0.6 is 0 Å². The van der Waals surface area contributed by atoms with Crippen molar-refractivity contribution >= 4 is 17.8 Å². The van der Waals surface area contributed by atoms with Gasteiger partial charge in [-0.25, -0.2) is 0 Å². The van der Waals surface area contributed by atoms with Crippen LogP contribution in [0.3, 0.4) is 0 Å². The van der Waals surface area contributed by atoms with E-state index in [9.17, 15) is 14.4 Å². The number of allylic oxidation sites excluding steroid dienone is 1. The molecule has 1 aliphatic heterocycles. The van der Waals surface area contributed by atoms with Crippen molar-refractivity contribution in [3.63, 3.8) is 0 Å². The quantitative estimate of drug-likeness (QED) is 0.561.